The average Bonchev–Trinajstić information content (AvgIpc) is 2.41. The number of benzene rings is 1. The first kappa shape index (κ1) is 13.5. The van der Waals surface area contributed by atoms with Crippen molar-refractivity contribution < 1.29 is 9.18 Å². The van der Waals surface area contributed by atoms with Crippen LogP contribution >= 0.6 is 11.6 Å². The minimum absolute atomic E-state index is 0.203. The van der Waals surface area contributed by atoms with E-state index in [0.717, 1.165) is 5.56 Å². The smallest absolute Gasteiger partial charge is 0.252 e. The number of nitrogens with one attached hydrogen (secondary N) is 1. The Balaban J connectivity index is 1.84. The molecule has 1 aromatic carbocycles. The summed E-state index contributed by atoms with van der Waals surface area (Å²) in [5.74, 6) is -0.466. The predicted molar refractivity (Wildman–Crippen MR) is 71.7 cm³/mol. The van der Waals surface area contributed by atoms with Gasteiger partial charge >= 0.3 is 0 Å². The van der Waals surface area contributed by atoms with Gasteiger partial charge in [-0.25, -0.2) is 9.37 Å². The van der Waals surface area contributed by atoms with E-state index in [1.165, 1.54) is 18.3 Å². The van der Waals surface area contributed by atoms with Crippen molar-refractivity contribution in [3.8, 4) is 0 Å². The van der Waals surface area contributed by atoms with Gasteiger partial charge in [-0.05, 0) is 36.2 Å². The molecule has 1 aromatic heterocycles. The zero-order valence-electron chi connectivity index (χ0n) is 10.1. The third-order valence-corrected chi connectivity index (χ3v) is 2.83. The van der Waals surface area contributed by atoms with Gasteiger partial charge in [-0.2, -0.15) is 0 Å². The number of hydrogen-bond donors (Lipinski definition) is 1. The molecule has 5 heteroatoms. The number of amides is 1. The summed E-state index contributed by atoms with van der Waals surface area (Å²) >= 11 is 5.64. The lowest BCUT2D eigenvalue weighted by Crippen LogP contribution is -2.25. The van der Waals surface area contributed by atoms with E-state index < -0.39 is 0 Å². The highest BCUT2D eigenvalue weighted by Gasteiger charge is 2.05. The van der Waals surface area contributed by atoms with Crippen LogP contribution in [0.1, 0.15) is 15.9 Å². The lowest BCUT2D eigenvalue weighted by Gasteiger charge is -2.05. The second-order valence-corrected chi connectivity index (χ2v) is 4.39. The van der Waals surface area contributed by atoms with Crippen LogP contribution in [0.5, 0.6) is 0 Å². The van der Waals surface area contributed by atoms with Gasteiger partial charge < -0.3 is 5.32 Å². The Bertz CT molecular complexity index is 555. The van der Waals surface area contributed by atoms with Crippen LogP contribution in [-0.2, 0) is 6.42 Å². The van der Waals surface area contributed by atoms with E-state index in [2.05, 4.69) is 10.3 Å². The molecule has 0 aliphatic heterocycles. The zero-order chi connectivity index (χ0) is 13.7. The second-order valence-electron chi connectivity index (χ2n) is 4.00. The van der Waals surface area contributed by atoms with Crippen LogP contribution in [-0.4, -0.2) is 17.4 Å². The summed E-state index contributed by atoms with van der Waals surface area (Å²) in [5, 5.41) is 3.12. The summed E-state index contributed by atoms with van der Waals surface area (Å²) in [6.07, 6.45) is 2.07. The van der Waals surface area contributed by atoms with Crippen LogP contribution in [0.15, 0.2) is 42.6 Å². The van der Waals surface area contributed by atoms with Crippen LogP contribution in [0, 0.1) is 5.82 Å². The molecule has 0 saturated heterocycles. The number of nitrogens with zero attached hydrogens (tertiary/aromatic N) is 1. The molecule has 0 aliphatic rings. The fraction of sp³-hybridized carbons (Fsp3) is 0.143. The van der Waals surface area contributed by atoms with Gasteiger partial charge in [0.15, 0.2) is 0 Å². The molecule has 2 rings (SSSR count). The second kappa shape index (κ2) is 6.29. The summed E-state index contributed by atoms with van der Waals surface area (Å²) in [7, 11) is 0. The molecule has 0 bridgehead atoms. The summed E-state index contributed by atoms with van der Waals surface area (Å²) in [6, 6.07) is 9.39. The van der Waals surface area contributed by atoms with E-state index in [1.54, 1.807) is 24.3 Å². The quantitative estimate of drug-likeness (QED) is 0.874. The first-order valence-corrected chi connectivity index (χ1v) is 6.17. The fourth-order valence-electron chi connectivity index (χ4n) is 1.58. The highest BCUT2D eigenvalue weighted by Crippen LogP contribution is 2.05. The predicted octanol–water partition coefficient (Wildman–Crippen LogP) is 2.85. The molecular weight excluding hydrogens is 267 g/mol. The van der Waals surface area contributed by atoms with Gasteiger partial charge in [-0.1, -0.05) is 23.7 Å². The van der Waals surface area contributed by atoms with Crippen molar-refractivity contribution in [3.63, 3.8) is 0 Å². The Morgan fingerprint density at radius 1 is 1.21 bits per heavy atom. The van der Waals surface area contributed by atoms with E-state index in [4.69, 9.17) is 11.6 Å². The van der Waals surface area contributed by atoms with Crippen LogP contribution < -0.4 is 5.32 Å². The molecule has 0 aliphatic carbocycles. The molecule has 0 unspecified atom stereocenters. The highest BCUT2D eigenvalue weighted by molar-refractivity contribution is 6.29. The van der Waals surface area contributed by atoms with Crippen molar-refractivity contribution in [2.24, 2.45) is 0 Å². The lowest BCUT2D eigenvalue weighted by atomic mass is 10.1. The molecule has 0 spiro atoms. The van der Waals surface area contributed by atoms with E-state index in [0.29, 0.717) is 23.7 Å². The third-order valence-electron chi connectivity index (χ3n) is 2.60. The molecule has 0 atom stereocenters. The zero-order valence-corrected chi connectivity index (χ0v) is 10.8. The van der Waals surface area contributed by atoms with Gasteiger partial charge in [0.25, 0.3) is 5.91 Å². The van der Waals surface area contributed by atoms with Crippen LogP contribution in [0.25, 0.3) is 0 Å². The monoisotopic (exact) mass is 278 g/mol. The molecule has 3 nitrogen and oxygen atoms in total. The molecule has 1 heterocycles. The number of carbonyl (C=O) groups is 1. The molecule has 2 aromatic rings. The fourth-order valence-corrected chi connectivity index (χ4v) is 1.70. The standard InChI is InChI=1S/C14H12ClFN2O/c15-13-6-3-11(9-18-13)14(19)17-8-7-10-1-4-12(16)5-2-10/h1-6,9H,7-8H2,(H,17,19). The van der Waals surface area contributed by atoms with Gasteiger partial charge in [0.1, 0.15) is 11.0 Å². The van der Waals surface area contributed by atoms with E-state index >= 15 is 0 Å². The largest absolute Gasteiger partial charge is 0.352 e. The van der Waals surface area contributed by atoms with E-state index in [9.17, 15) is 9.18 Å². The van der Waals surface area contributed by atoms with Crippen molar-refractivity contribution in [1.29, 1.82) is 0 Å². The first-order chi connectivity index (χ1) is 9.15. The highest BCUT2D eigenvalue weighted by atomic mass is 35.5. The van der Waals surface area contributed by atoms with Crippen molar-refractivity contribution >= 4 is 17.5 Å². The normalized spacial score (nSPS) is 10.2. The average molecular weight is 279 g/mol. The Labute approximate surface area is 115 Å². The summed E-state index contributed by atoms with van der Waals surface area (Å²) in [5.41, 5.74) is 1.43. The van der Waals surface area contributed by atoms with Crippen molar-refractivity contribution in [3.05, 3.63) is 64.7 Å². The number of carbonyl (C=O) groups excluding carboxylic acids is 1. The third kappa shape index (κ3) is 4.03. The number of halogens is 2. The molecule has 1 N–H and O–H groups in total. The van der Waals surface area contributed by atoms with Gasteiger partial charge in [0.2, 0.25) is 0 Å². The molecule has 0 fully saturated rings. The maximum atomic E-state index is 12.7. The maximum Gasteiger partial charge on any atom is 0.252 e. The number of pyridine rings is 1. The molecule has 98 valence electrons. The van der Waals surface area contributed by atoms with Crippen LogP contribution in [0.2, 0.25) is 5.15 Å². The van der Waals surface area contributed by atoms with Gasteiger partial charge in [-0.15, -0.1) is 0 Å². The summed E-state index contributed by atoms with van der Waals surface area (Å²) < 4.78 is 12.7. The Hall–Kier alpha value is -1.94. The Morgan fingerprint density at radius 3 is 2.58 bits per heavy atom. The summed E-state index contributed by atoms with van der Waals surface area (Å²) in [6.45, 7) is 0.479. The number of aromatic nitrogens is 1. The van der Waals surface area contributed by atoms with E-state index in [-0.39, 0.29) is 11.7 Å². The Morgan fingerprint density at radius 2 is 1.95 bits per heavy atom. The number of hydrogen-bond acceptors (Lipinski definition) is 2. The Kier molecular flexibility index (Phi) is 4.47. The van der Waals surface area contributed by atoms with Crippen molar-refractivity contribution in [1.82, 2.24) is 10.3 Å². The van der Waals surface area contributed by atoms with Crippen molar-refractivity contribution in [2.75, 3.05) is 6.54 Å². The van der Waals surface area contributed by atoms with Gasteiger partial charge in [-0.3, -0.25) is 4.79 Å². The minimum Gasteiger partial charge on any atom is -0.352 e. The minimum atomic E-state index is -0.264. The topological polar surface area (TPSA) is 42.0 Å². The molecule has 1 amide bonds. The first-order valence-electron chi connectivity index (χ1n) is 5.79. The van der Waals surface area contributed by atoms with E-state index in [1.807, 2.05) is 0 Å². The molecule has 19 heavy (non-hydrogen) atoms. The lowest BCUT2D eigenvalue weighted by molar-refractivity contribution is 0.0954. The summed E-state index contributed by atoms with van der Waals surface area (Å²) in [4.78, 5) is 15.6. The van der Waals surface area contributed by atoms with Gasteiger partial charge in [0, 0.05) is 12.7 Å². The van der Waals surface area contributed by atoms with Gasteiger partial charge in [0.05, 0.1) is 5.56 Å². The van der Waals surface area contributed by atoms with Crippen LogP contribution in [0.3, 0.4) is 0 Å². The molecule has 0 saturated carbocycles. The number of rotatable bonds is 4. The maximum absolute atomic E-state index is 12.7. The van der Waals surface area contributed by atoms with Crippen molar-refractivity contribution in [2.45, 2.75) is 6.42 Å². The van der Waals surface area contributed by atoms with Crippen LogP contribution in [0.4, 0.5) is 4.39 Å². The molecular formula is C14H12ClFN2O. The SMILES string of the molecule is O=C(NCCc1ccc(F)cc1)c1ccc(Cl)nc1. The molecule has 0 radical (unpaired) electrons.